The molecule has 0 fully saturated rings. The van der Waals surface area contributed by atoms with Gasteiger partial charge in [0, 0.05) is 12.7 Å². The Morgan fingerprint density at radius 2 is 1.88 bits per heavy atom. The Kier molecular flexibility index (Phi) is 5.49. The predicted octanol–water partition coefficient (Wildman–Crippen LogP) is 4.42. The van der Waals surface area contributed by atoms with Gasteiger partial charge >= 0.3 is 0 Å². The van der Waals surface area contributed by atoms with Crippen LogP contribution in [0.5, 0.6) is 0 Å². The Morgan fingerprint density at radius 3 is 2.62 bits per heavy atom. The van der Waals surface area contributed by atoms with Gasteiger partial charge in [0.05, 0.1) is 10.7 Å². The molecular weight excluding hydrogens is 348 g/mol. The van der Waals surface area contributed by atoms with Crippen LogP contribution in [0.15, 0.2) is 54.7 Å². The first-order chi connectivity index (χ1) is 12.5. The molecule has 3 rings (SSSR count). The third-order valence-corrected chi connectivity index (χ3v) is 4.15. The number of hydrogen-bond donors (Lipinski definition) is 2. The summed E-state index contributed by atoms with van der Waals surface area (Å²) in [6.07, 6.45) is 1.55. The molecule has 1 amide bonds. The fraction of sp³-hybridized carbons (Fsp3) is 0.150. The number of rotatable bonds is 5. The minimum Gasteiger partial charge on any atom is -0.347 e. The van der Waals surface area contributed by atoms with E-state index in [1.54, 1.807) is 12.3 Å². The number of amides is 1. The summed E-state index contributed by atoms with van der Waals surface area (Å²) in [5.74, 6) is 0.0669. The molecular formula is C20H19ClN4O. The third-order valence-electron chi connectivity index (χ3n) is 3.85. The van der Waals surface area contributed by atoms with Crippen LogP contribution in [0, 0.1) is 13.8 Å². The van der Waals surface area contributed by atoms with E-state index in [-0.39, 0.29) is 5.91 Å². The number of anilines is 2. The Balaban J connectivity index is 1.73. The largest absolute Gasteiger partial charge is 0.347 e. The van der Waals surface area contributed by atoms with Crippen LogP contribution in [0.4, 0.5) is 11.6 Å². The molecule has 132 valence electrons. The van der Waals surface area contributed by atoms with Crippen molar-refractivity contribution in [1.82, 2.24) is 15.3 Å². The van der Waals surface area contributed by atoms with Crippen molar-refractivity contribution in [3.8, 4) is 0 Å². The second-order valence-electron chi connectivity index (χ2n) is 6.00. The maximum Gasteiger partial charge on any atom is 0.270 e. The molecule has 0 bridgehead atoms. The van der Waals surface area contributed by atoms with Crippen molar-refractivity contribution in [3.63, 3.8) is 0 Å². The summed E-state index contributed by atoms with van der Waals surface area (Å²) >= 11 is 6.31. The highest BCUT2D eigenvalue weighted by molar-refractivity contribution is 6.33. The lowest BCUT2D eigenvalue weighted by Crippen LogP contribution is -2.24. The van der Waals surface area contributed by atoms with Crippen molar-refractivity contribution >= 4 is 29.1 Å². The van der Waals surface area contributed by atoms with E-state index >= 15 is 0 Å². The van der Waals surface area contributed by atoms with Gasteiger partial charge in [-0.15, -0.1) is 0 Å². The maximum atomic E-state index is 12.3. The molecule has 1 heterocycles. The highest BCUT2D eigenvalue weighted by Crippen LogP contribution is 2.29. The van der Waals surface area contributed by atoms with Gasteiger partial charge in [0.2, 0.25) is 5.95 Å². The number of nitrogens with one attached hydrogen (secondary N) is 2. The fourth-order valence-corrected chi connectivity index (χ4v) is 2.97. The number of halogens is 1. The first kappa shape index (κ1) is 17.9. The molecule has 2 aromatic carbocycles. The van der Waals surface area contributed by atoms with Crippen molar-refractivity contribution in [2.24, 2.45) is 0 Å². The van der Waals surface area contributed by atoms with Gasteiger partial charge in [0.1, 0.15) is 5.69 Å². The van der Waals surface area contributed by atoms with Crippen molar-refractivity contribution in [2.45, 2.75) is 20.4 Å². The van der Waals surface area contributed by atoms with Crippen molar-refractivity contribution in [1.29, 1.82) is 0 Å². The molecule has 0 saturated carbocycles. The first-order valence-electron chi connectivity index (χ1n) is 8.22. The average Bonchev–Trinajstić information content (AvgIpc) is 2.64. The van der Waals surface area contributed by atoms with E-state index in [4.69, 9.17) is 11.6 Å². The topological polar surface area (TPSA) is 66.9 Å². The van der Waals surface area contributed by atoms with E-state index < -0.39 is 0 Å². The number of carbonyl (C=O) groups excluding carboxylic acids is 1. The van der Waals surface area contributed by atoms with Crippen LogP contribution in [-0.2, 0) is 6.54 Å². The van der Waals surface area contributed by atoms with Gasteiger partial charge in [-0.05, 0) is 42.7 Å². The minimum absolute atomic E-state index is 0.258. The monoisotopic (exact) mass is 366 g/mol. The number of carbonyl (C=O) groups is 1. The van der Waals surface area contributed by atoms with Crippen molar-refractivity contribution < 1.29 is 4.79 Å². The Morgan fingerprint density at radius 1 is 1.12 bits per heavy atom. The van der Waals surface area contributed by atoms with Crippen molar-refractivity contribution in [2.75, 3.05) is 5.32 Å². The van der Waals surface area contributed by atoms with Crippen LogP contribution in [0.2, 0.25) is 5.02 Å². The summed E-state index contributed by atoms with van der Waals surface area (Å²) in [6.45, 7) is 4.38. The Hall–Kier alpha value is -2.92. The zero-order valence-electron chi connectivity index (χ0n) is 14.6. The van der Waals surface area contributed by atoms with E-state index in [1.165, 1.54) is 0 Å². The fourth-order valence-electron chi connectivity index (χ4n) is 2.60. The molecule has 26 heavy (non-hydrogen) atoms. The van der Waals surface area contributed by atoms with Crippen LogP contribution in [-0.4, -0.2) is 15.9 Å². The van der Waals surface area contributed by atoms with E-state index in [0.29, 0.717) is 23.2 Å². The molecule has 0 saturated heterocycles. The molecule has 6 heteroatoms. The van der Waals surface area contributed by atoms with Crippen LogP contribution in [0.1, 0.15) is 27.2 Å². The molecule has 1 aromatic heterocycles. The Labute approximate surface area is 157 Å². The highest BCUT2D eigenvalue weighted by Gasteiger charge is 2.11. The summed E-state index contributed by atoms with van der Waals surface area (Å²) in [6, 6.07) is 15.2. The maximum absolute atomic E-state index is 12.3. The van der Waals surface area contributed by atoms with Gasteiger partial charge in [0.25, 0.3) is 5.91 Å². The zero-order chi connectivity index (χ0) is 18.5. The van der Waals surface area contributed by atoms with E-state index in [0.717, 1.165) is 22.4 Å². The summed E-state index contributed by atoms with van der Waals surface area (Å²) < 4.78 is 0. The van der Waals surface area contributed by atoms with Gasteiger partial charge in [-0.25, -0.2) is 9.97 Å². The van der Waals surface area contributed by atoms with Gasteiger partial charge in [0.15, 0.2) is 0 Å². The van der Waals surface area contributed by atoms with Gasteiger partial charge in [-0.2, -0.15) is 0 Å². The molecule has 3 aromatic rings. The molecule has 0 radical (unpaired) electrons. The van der Waals surface area contributed by atoms with E-state index in [2.05, 4.69) is 20.6 Å². The van der Waals surface area contributed by atoms with Gasteiger partial charge in [-0.3, -0.25) is 4.79 Å². The van der Waals surface area contributed by atoms with Crippen LogP contribution >= 0.6 is 11.6 Å². The quantitative estimate of drug-likeness (QED) is 0.701. The number of nitrogens with zero attached hydrogens (tertiary/aromatic N) is 2. The average molecular weight is 367 g/mol. The second kappa shape index (κ2) is 7.97. The number of hydrogen-bond acceptors (Lipinski definition) is 4. The lowest BCUT2D eigenvalue weighted by atomic mass is 10.1. The molecule has 0 atom stereocenters. The lowest BCUT2D eigenvalue weighted by Gasteiger charge is -2.12. The number of aryl methyl sites for hydroxylation is 2. The van der Waals surface area contributed by atoms with Crippen LogP contribution < -0.4 is 10.6 Å². The first-order valence-corrected chi connectivity index (χ1v) is 8.59. The molecule has 5 nitrogen and oxygen atoms in total. The molecule has 0 spiro atoms. The summed E-state index contributed by atoms with van der Waals surface area (Å²) in [5, 5.41) is 6.54. The predicted molar refractivity (Wildman–Crippen MR) is 104 cm³/mol. The molecule has 0 aliphatic carbocycles. The normalized spacial score (nSPS) is 10.4. The Bertz CT molecular complexity index is 905. The van der Waals surface area contributed by atoms with E-state index in [1.807, 2.05) is 56.3 Å². The summed E-state index contributed by atoms with van der Waals surface area (Å²) in [4.78, 5) is 20.8. The van der Waals surface area contributed by atoms with Crippen LogP contribution in [0.3, 0.4) is 0 Å². The standard InChI is InChI=1S/C20H19ClN4O/c1-13-10-14(2)18(16(21)11-13)25-20-22-9-8-17(24-20)19(26)23-12-15-6-4-3-5-7-15/h3-11H,12H2,1-2H3,(H,23,26)(H,22,24,25). The lowest BCUT2D eigenvalue weighted by molar-refractivity contribution is 0.0946. The zero-order valence-corrected chi connectivity index (χ0v) is 15.3. The SMILES string of the molecule is Cc1cc(C)c(Nc2nccc(C(=O)NCc3ccccc3)n2)c(Cl)c1. The molecule has 0 aliphatic rings. The van der Waals surface area contributed by atoms with Gasteiger partial charge in [-0.1, -0.05) is 48.0 Å². The number of benzene rings is 2. The van der Waals surface area contributed by atoms with Gasteiger partial charge < -0.3 is 10.6 Å². The number of aromatic nitrogens is 2. The molecule has 2 N–H and O–H groups in total. The van der Waals surface area contributed by atoms with Crippen LogP contribution in [0.25, 0.3) is 0 Å². The summed E-state index contributed by atoms with van der Waals surface area (Å²) in [5.41, 5.74) is 4.11. The smallest absolute Gasteiger partial charge is 0.270 e. The van der Waals surface area contributed by atoms with Crippen molar-refractivity contribution in [3.05, 3.63) is 82.1 Å². The second-order valence-corrected chi connectivity index (χ2v) is 6.40. The third kappa shape index (κ3) is 4.37. The van der Waals surface area contributed by atoms with E-state index in [9.17, 15) is 4.79 Å². The molecule has 0 aliphatic heterocycles. The highest BCUT2D eigenvalue weighted by atomic mass is 35.5. The molecule has 0 unspecified atom stereocenters. The minimum atomic E-state index is -0.258. The summed E-state index contributed by atoms with van der Waals surface area (Å²) in [7, 11) is 0.